The number of ether oxygens (including phenoxy) is 2. The van der Waals surface area contributed by atoms with E-state index in [9.17, 15) is 4.79 Å². The van der Waals surface area contributed by atoms with Crippen molar-refractivity contribution in [2.24, 2.45) is 16.5 Å². The summed E-state index contributed by atoms with van der Waals surface area (Å²) in [5.41, 5.74) is 10.2. The van der Waals surface area contributed by atoms with Crippen LogP contribution in [0, 0.1) is 0 Å². The molecule has 4 N–H and O–H groups in total. The maximum atomic E-state index is 11.1. The Balaban J connectivity index is 4.08. The average molecular weight is 189 g/mol. The molecule has 0 bridgehead atoms. The molecule has 0 aromatic heterocycles. The summed E-state index contributed by atoms with van der Waals surface area (Å²) >= 11 is 0. The fourth-order valence-corrected chi connectivity index (χ4v) is 0.611. The van der Waals surface area contributed by atoms with Crippen LogP contribution in [0.3, 0.4) is 0 Å². The number of aliphatic imine (C=N–C) groups is 1. The highest BCUT2D eigenvalue weighted by atomic mass is 16.6. The lowest BCUT2D eigenvalue weighted by Gasteiger charge is -2.09. The van der Waals surface area contributed by atoms with E-state index < -0.39 is 12.2 Å². The van der Waals surface area contributed by atoms with Crippen LogP contribution in [0.4, 0.5) is 0 Å². The quantitative estimate of drug-likeness (QED) is 0.334. The molecule has 0 saturated heterocycles. The van der Waals surface area contributed by atoms with Gasteiger partial charge in [-0.25, -0.2) is 9.79 Å². The van der Waals surface area contributed by atoms with Gasteiger partial charge in [-0.3, -0.25) is 0 Å². The number of carbonyl (C=O) groups is 1. The Bertz CT molecular complexity index is 189. The molecule has 0 rings (SSSR count). The molecule has 6 nitrogen and oxygen atoms in total. The summed E-state index contributed by atoms with van der Waals surface area (Å²) in [6, 6.07) is 0. The van der Waals surface area contributed by atoms with Crippen molar-refractivity contribution in [2.45, 2.75) is 19.6 Å². The predicted octanol–water partition coefficient (Wildman–Crippen LogP) is -0.814. The highest BCUT2D eigenvalue weighted by Gasteiger charge is 2.17. The molecular formula is C7H15N3O3. The highest BCUT2D eigenvalue weighted by Crippen LogP contribution is 1.96. The van der Waals surface area contributed by atoms with Gasteiger partial charge in [0, 0.05) is 7.11 Å². The van der Waals surface area contributed by atoms with Gasteiger partial charge in [0.2, 0.25) is 6.23 Å². The number of esters is 1. The Morgan fingerprint density at radius 1 is 1.54 bits per heavy atom. The molecule has 0 fully saturated rings. The smallest absolute Gasteiger partial charge is 0.358 e. The third-order valence-corrected chi connectivity index (χ3v) is 1.14. The number of carbonyl (C=O) groups excluding carboxylic acids is 1. The fraction of sp³-hybridized carbons (Fsp3) is 0.714. The molecule has 0 radical (unpaired) electrons. The summed E-state index contributed by atoms with van der Waals surface area (Å²) in [4.78, 5) is 14.6. The number of methoxy groups -OCH3 is 1. The Morgan fingerprint density at radius 3 is 2.54 bits per heavy atom. The van der Waals surface area contributed by atoms with Crippen molar-refractivity contribution in [3.63, 3.8) is 0 Å². The Labute approximate surface area is 76.9 Å². The predicted molar refractivity (Wildman–Crippen MR) is 47.9 cm³/mol. The van der Waals surface area contributed by atoms with Gasteiger partial charge in [0.05, 0.1) is 6.61 Å². The summed E-state index contributed by atoms with van der Waals surface area (Å²) < 4.78 is 9.46. The van der Waals surface area contributed by atoms with Crippen LogP contribution < -0.4 is 11.5 Å². The zero-order valence-electron chi connectivity index (χ0n) is 7.82. The molecule has 6 heteroatoms. The largest absolute Gasteiger partial charge is 0.462 e. The minimum absolute atomic E-state index is 0.208. The van der Waals surface area contributed by atoms with Gasteiger partial charge in [-0.05, 0) is 6.42 Å². The first-order valence-electron chi connectivity index (χ1n) is 3.90. The standard InChI is InChI=1S/C7H15N3O3/c1-3-4-13-6(11)5(12-2)10-7(8)9/h5H,3-4H2,1-2H3,(H4,8,9,10). The van der Waals surface area contributed by atoms with Gasteiger partial charge in [-0.15, -0.1) is 0 Å². The zero-order valence-corrected chi connectivity index (χ0v) is 7.82. The van der Waals surface area contributed by atoms with Crippen molar-refractivity contribution in [1.82, 2.24) is 0 Å². The molecule has 76 valence electrons. The first kappa shape index (κ1) is 11.7. The van der Waals surface area contributed by atoms with E-state index in [0.717, 1.165) is 6.42 Å². The summed E-state index contributed by atoms with van der Waals surface area (Å²) in [6.07, 6.45) is -0.319. The molecule has 0 amide bonds. The Kier molecular flexibility index (Phi) is 5.62. The number of nitrogens with zero attached hydrogens (tertiary/aromatic N) is 1. The van der Waals surface area contributed by atoms with Gasteiger partial charge in [-0.2, -0.15) is 0 Å². The SMILES string of the molecule is CCCOC(=O)C(N=C(N)N)OC. The topological polar surface area (TPSA) is 99.9 Å². The number of guanidine groups is 1. The lowest BCUT2D eigenvalue weighted by atomic mass is 10.5. The van der Waals surface area contributed by atoms with E-state index in [1.807, 2.05) is 6.92 Å². The summed E-state index contributed by atoms with van der Waals surface area (Å²) in [6.45, 7) is 2.22. The number of nitrogens with two attached hydrogens (primary N) is 2. The molecule has 0 saturated carbocycles. The number of hydrogen-bond acceptors (Lipinski definition) is 4. The van der Waals surface area contributed by atoms with Crippen LogP contribution in [0.25, 0.3) is 0 Å². The van der Waals surface area contributed by atoms with E-state index in [0.29, 0.717) is 6.61 Å². The van der Waals surface area contributed by atoms with Gasteiger partial charge in [0.25, 0.3) is 0 Å². The van der Waals surface area contributed by atoms with Crippen LogP contribution in [-0.2, 0) is 14.3 Å². The summed E-state index contributed by atoms with van der Waals surface area (Å²) in [5.74, 6) is -0.793. The Hall–Kier alpha value is -1.30. The van der Waals surface area contributed by atoms with Crippen LogP contribution in [0.5, 0.6) is 0 Å². The van der Waals surface area contributed by atoms with Gasteiger partial charge >= 0.3 is 5.97 Å². The number of rotatable bonds is 5. The normalized spacial score (nSPS) is 11.8. The fourth-order valence-electron chi connectivity index (χ4n) is 0.611. The second-order valence-corrected chi connectivity index (χ2v) is 2.31. The molecule has 13 heavy (non-hydrogen) atoms. The molecule has 0 aromatic carbocycles. The van der Waals surface area contributed by atoms with Crippen LogP contribution in [0.15, 0.2) is 4.99 Å². The molecule has 0 heterocycles. The van der Waals surface area contributed by atoms with Gasteiger partial charge in [0.15, 0.2) is 5.96 Å². The lowest BCUT2D eigenvalue weighted by molar-refractivity contribution is -0.154. The van der Waals surface area contributed by atoms with Crippen LogP contribution in [0.2, 0.25) is 0 Å². The lowest BCUT2D eigenvalue weighted by Crippen LogP contribution is -2.31. The van der Waals surface area contributed by atoms with Crippen molar-refractivity contribution >= 4 is 11.9 Å². The van der Waals surface area contributed by atoms with E-state index in [4.69, 9.17) is 20.9 Å². The first-order valence-corrected chi connectivity index (χ1v) is 3.90. The molecule has 0 aromatic rings. The van der Waals surface area contributed by atoms with E-state index >= 15 is 0 Å². The molecule has 0 aliphatic carbocycles. The average Bonchev–Trinajstić information content (AvgIpc) is 2.09. The highest BCUT2D eigenvalue weighted by molar-refractivity contribution is 5.81. The van der Waals surface area contributed by atoms with Crippen molar-refractivity contribution < 1.29 is 14.3 Å². The summed E-state index contributed by atoms with van der Waals surface area (Å²) in [7, 11) is 1.32. The van der Waals surface area contributed by atoms with Crippen LogP contribution in [0.1, 0.15) is 13.3 Å². The van der Waals surface area contributed by atoms with E-state index in [-0.39, 0.29) is 5.96 Å². The first-order chi connectivity index (χ1) is 6.11. The molecule has 1 atom stereocenters. The van der Waals surface area contributed by atoms with Crippen molar-refractivity contribution in [2.75, 3.05) is 13.7 Å². The molecule has 0 aliphatic rings. The molecule has 0 spiro atoms. The van der Waals surface area contributed by atoms with Gasteiger partial charge in [0.1, 0.15) is 0 Å². The summed E-state index contributed by atoms with van der Waals surface area (Å²) in [5, 5.41) is 0. The van der Waals surface area contributed by atoms with Gasteiger partial charge < -0.3 is 20.9 Å². The van der Waals surface area contributed by atoms with E-state index in [1.165, 1.54) is 7.11 Å². The van der Waals surface area contributed by atoms with Gasteiger partial charge in [-0.1, -0.05) is 6.92 Å². The third kappa shape index (κ3) is 5.02. The number of hydrogen-bond donors (Lipinski definition) is 2. The minimum Gasteiger partial charge on any atom is -0.462 e. The Morgan fingerprint density at radius 2 is 2.15 bits per heavy atom. The molecular weight excluding hydrogens is 174 g/mol. The van der Waals surface area contributed by atoms with Crippen LogP contribution in [-0.4, -0.2) is 31.9 Å². The second kappa shape index (κ2) is 6.24. The maximum absolute atomic E-state index is 11.1. The zero-order chi connectivity index (χ0) is 10.3. The third-order valence-electron chi connectivity index (χ3n) is 1.14. The van der Waals surface area contributed by atoms with Crippen molar-refractivity contribution in [3.05, 3.63) is 0 Å². The monoisotopic (exact) mass is 189 g/mol. The van der Waals surface area contributed by atoms with Crippen molar-refractivity contribution in [3.8, 4) is 0 Å². The van der Waals surface area contributed by atoms with E-state index in [2.05, 4.69) is 4.99 Å². The minimum atomic E-state index is -1.06. The second-order valence-electron chi connectivity index (χ2n) is 2.31. The van der Waals surface area contributed by atoms with Crippen molar-refractivity contribution in [1.29, 1.82) is 0 Å². The van der Waals surface area contributed by atoms with Crippen LogP contribution >= 0.6 is 0 Å². The maximum Gasteiger partial charge on any atom is 0.358 e. The van der Waals surface area contributed by atoms with E-state index in [1.54, 1.807) is 0 Å². The molecule has 1 unspecified atom stereocenters. The molecule has 0 aliphatic heterocycles.